The Morgan fingerprint density at radius 3 is 2.65 bits per heavy atom. The molecule has 1 heterocycles. The predicted molar refractivity (Wildman–Crippen MR) is 83.6 cm³/mol. The van der Waals surface area contributed by atoms with Gasteiger partial charge in [0, 0.05) is 25.1 Å². The average Bonchev–Trinajstić information content (AvgIpc) is 2.38. The van der Waals surface area contributed by atoms with Crippen LogP contribution in [0.2, 0.25) is 0 Å². The van der Waals surface area contributed by atoms with Gasteiger partial charge in [0.05, 0.1) is 6.61 Å². The van der Waals surface area contributed by atoms with E-state index in [1.165, 1.54) is 0 Å². The van der Waals surface area contributed by atoms with Gasteiger partial charge in [-0.2, -0.15) is 4.98 Å². The largest absolute Gasteiger partial charge is 0.478 e. The Bertz CT molecular complexity index is 393. The van der Waals surface area contributed by atoms with Crippen molar-refractivity contribution in [1.29, 1.82) is 0 Å². The summed E-state index contributed by atoms with van der Waals surface area (Å²) < 4.78 is 5.70. The third-order valence-corrected chi connectivity index (χ3v) is 2.85. The lowest BCUT2D eigenvalue weighted by Crippen LogP contribution is -2.21. The third-order valence-electron chi connectivity index (χ3n) is 2.85. The Kier molecular flexibility index (Phi) is 7.30. The summed E-state index contributed by atoms with van der Waals surface area (Å²) in [6, 6.07) is 1.89. The molecule has 0 aliphatic rings. The number of nitrogens with zero attached hydrogens (tertiary/aromatic N) is 3. The summed E-state index contributed by atoms with van der Waals surface area (Å²) in [5.41, 5.74) is 0. The number of rotatable bonds is 9. The molecule has 0 radical (unpaired) electrons. The molecule has 1 N–H and O–H groups in total. The molecule has 0 atom stereocenters. The molecule has 1 rings (SSSR count). The number of aromatic nitrogens is 2. The Hall–Kier alpha value is -1.36. The summed E-state index contributed by atoms with van der Waals surface area (Å²) in [6.45, 7) is 8.87. The van der Waals surface area contributed by atoms with E-state index in [-0.39, 0.29) is 0 Å². The summed E-state index contributed by atoms with van der Waals surface area (Å²) in [6.07, 6.45) is 2.17. The summed E-state index contributed by atoms with van der Waals surface area (Å²) in [5, 5.41) is 3.33. The van der Waals surface area contributed by atoms with E-state index in [4.69, 9.17) is 4.74 Å². The Balaban J connectivity index is 2.71. The first kappa shape index (κ1) is 16.7. The highest BCUT2D eigenvalue weighted by molar-refractivity contribution is 5.38. The van der Waals surface area contributed by atoms with Crippen LogP contribution in [0.4, 0.5) is 5.82 Å². The summed E-state index contributed by atoms with van der Waals surface area (Å²) in [4.78, 5) is 11.1. The fourth-order valence-corrected chi connectivity index (χ4v) is 1.59. The van der Waals surface area contributed by atoms with Crippen LogP contribution in [0.1, 0.15) is 45.4 Å². The first-order valence-corrected chi connectivity index (χ1v) is 7.43. The van der Waals surface area contributed by atoms with Crippen molar-refractivity contribution in [2.75, 3.05) is 39.1 Å². The van der Waals surface area contributed by atoms with Crippen LogP contribution >= 0.6 is 0 Å². The first-order chi connectivity index (χ1) is 9.52. The molecule has 0 bridgehead atoms. The maximum absolute atomic E-state index is 5.70. The molecule has 114 valence electrons. The van der Waals surface area contributed by atoms with Crippen molar-refractivity contribution in [2.24, 2.45) is 0 Å². The Labute approximate surface area is 122 Å². The van der Waals surface area contributed by atoms with Gasteiger partial charge in [0.15, 0.2) is 0 Å². The van der Waals surface area contributed by atoms with Crippen molar-refractivity contribution < 1.29 is 4.74 Å². The zero-order chi connectivity index (χ0) is 15.0. The minimum atomic E-state index is 0.291. The van der Waals surface area contributed by atoms with E-state index < -0.39 is 0 Å². The van der Waals surface area contributed by atoms with Crippen LogP contribution in [0.5, 0.6) is 5.88 Å². The van der Waals surface area contributed by atoms with Crippen molar-refractivity contribution in [3.63, 3.8) is 0 Å². The van der Waals surface area contributed by atoms with Crippen LogP contribution in [-0.4, -0.2) is 48.7 Å². The van der Waals surface area contributed by atoms with Crippen molar-refractivity contribution >= 4 is 5.82 Å². The van der Waals surface area contributed by atoms with Crippen LogP contribution < -0.4 is 10.1 Å². The van der Waals surface area contributed by atoms with E-state index in [9.17, 15) is 0 Å². The molecule has 1 aromatic heterocycles. The number of nitrogens with one attached hydrogen (secondary N) is 1. The van der Waals surface area contributed by atoms with Gasteiger partial charge in [-0.15, -0.1) is 0 Å². The van der Waals surface area contributed by atoms with E-state index in [0.717, 1.165) is 37.6 Å². The predicted octanol–water partition coefficient (Wildman–Crippen LogP) is 2.75. The van der Waals surface area contributed by atoms with Gasteiger partial charge in [0.2, 0.25) is 5.88 Å². The molecule has 0 saturated carbocycles. The minimum absolute atomic E-state index is 0.291. The first-order valence-electron chi connectivity index (χ1n) is 7.43. The van der Waals surface area contributed by atoms with Crippen LogP contribution in [0, 0.1) is 0 Å². The van der Waals surface area contributed by atoms with Crippen LogP contribution in [-0.2, 0) is 0 Å². The number of likely N-dealkylation sites (N-methyl/N-ethyl adjacent to an activating group) is 1. The molecular formula is C15H28N4O. The zero-order valence-electron chi connectivity index (χ0n) is 13.4. The average molecular weight is 280 g/mol. The molecule has 20 heavy (non-hydrogen) atoms. The van der Waals surface area contributed by atoms with E-state index in [2.05, 4.69) is 55.1 Å². The van der Waals surface area contributed by atoms with Crippen molar-refractivity contribution in [3.05, 3.63) is 11.9 Å². The van der Waals surface area contributed by atoms with Gasteiger partial charge in [-0.1, -0.05) is 27.2 Å². The fourth-order valence-electron chi connectivity index (χ4n) is 1.59. The minimum Gasteiger partial charge on any atom is -0.478 e. The smallest absolute Gasteiger partial charge is 0.218 e. The lowest BCUT2D eigenvalue weighted by molar-refractivity contribution is 0.296. The second-order valence-corrected chi connectivity index (χ2v) is 5.54. The molecule has 0 aromatic carbocycles. The van der Waals surface area contributed by atoms with Gasteiger partial charge < -0.3 is 15.0 Å². The van der Waals surface area contributed by atoms with Crippen molar-refractivity contribution in [3.8, 4) is 5.88 Å². The monoisotopic (exact) mass is 280 g/mol. The number of ether oxygens (including phenoxy) is 1. The van der Waals surface area contributed by atoms with Crippen LogP contribution in [0.25, 0.3) is 0 Å². The van der Waals surface area contributed by atoms with Gasteiger partial charge in [0.25, 0.3) is 0 Å². The second-order valence-electron chi connectivity index (χ2n) is 5.54. The molecule has 0 fully saturated rings. The van der Waals surface area contributed by atoms with Gasteiger partial charge in [-0.25, -0.2) is 4.98 Å². The standard InChI is InChI=1S/C15H28N4O/c1-6-7-10-20-14-11-13(16-8-9-19(4)5)17-15(18-14)12(2)3/h11-12H,6-10H2,1-5H3,(H,16,17,18). The van der Waals surface area contributed by atoms with Crippen molar-refractivity contribution in [1.82, 2.24) is 14.9 Å². The zero-order valence-corrected chi connectivity index (χ0v) is 13.4. The molecule has 1 aromatic rings. The maximum atomic E-state index is 5.70. The van der Waals surface area contributed by atoms with Crippen LogP contribution in [0.3, 0.4) is 0 Å². The lowest BCUT2D eigenvalue weighted by atomic mass is 10.2. The fraction of sp³-hybridized carbons (Fsp3) is 0.733. The number of hydrogen-bond acceptors (Lipinski definition) is 5. The molecule has 0 spiro atoms. The van der Waals surface area contributed by atoms with Gasteiger partial charge in [-0.3, -0.25) is 0 Å². The third kappa shape index (κ3) is 6.19. The van der Waals surface area contributed by atoms with E-state index in [0.29, 0.717) is 18.4 Å². The molecule has 0 aliphatic carbocycles. The van der Waals surface area contributed by atoms with Gasteiger partial charge in [0.1, 0.15) is 11.6 Å². The molecule has 0 unspecified atom stereocenters. The molecule has 0 saturated heterocycles. The van der Waals surface area contributed by atoms with Gasteiger partial charge in [-0.05, 0) is 20.5 Å². The van der Waals surface area contributed by atoms with E-state index in [1.807, 2.05) is 6.07 Å². The Morgan fingerprint density at radius 1 is 1.30 bits per heavy atom. The molecule has 5 heteroatoms. The highest BCUT2D eigenvalue weighted by Crippen LogP contribution is 2.18. The van der Waals surface area contributed by atoms with E-state index in [1.54, 1.807) is 0 Å². The Morgan fingerprint density at radius 2 is 2.05 bits per heavy atom. The quantitative estimate of drug-likeness (QED) is 0.705. The maximum Gasteiger partial charge on any atom is 0.218 e. The molecular weight excluding hydrogens is 252 g/mol. The highest BCUT2D eigenvalue weighted by Gasteiger charge is 2.09. The topological polar surface area (TPSA) is 50.3 Å². The SMILES string of the molecule is CCCCOc1cc(NCCN(C)C)nc(C(C)C)n1. The highest BCUT2D eigenvalue weighted by atomic mass is 16.5. The summed E-state index contributed by atoms with van der Waals surface area (Å²) >= 11 is 0. The lowest BCUT2D eigenvalue weighted by Gasteiger charge is -2.14. The van der Waals surface area contributed by atoms with Crippen molar-refractivity contribution in [2.45, 2.75) is 39.5 Å². The summed E-state index contributed by atoms with van der Waals surface area (Å²) in [5.74, 6) is 2.63. The molecule has 0 aliphatic heterocycles. The van der Waals surface area contributed by atoms with E-state index >= 15 is 0 Å². The normalized spacial score (nSPS) is 11.2. The van der Waals surface area contributed by atoms with Gasteiger partial charge >= 0.3 is 0 Å². The number of unbranched alkanes of at least 4 members (excludes halogenated alkanes) is 1. The van der Waals surface area contributed by atoms with Crippen LogP contribution in [0.15, 0.2) is 6.07 Å². The number of anilines is 1. The molecule has 5 nitrogen and oxygen atoms in total. The second kappa shape index (κ2) is 8.74. The number of hydrogen-bond donors (Lipinski definition) is 1. The molecule has 0 amide bonds. The summed E-state index contributed by atoms with van der Waals surface area (Å²) in [7, 11) is 4.11.